The van der Waals surface area contributed by atoms with Crippen molar-refractivity contribution in [3.63, 3.8) is 0 Å². The highest BCUT2D eigenvalue weighted by atomic mass is 15.1. The lowest BCUT2D eigenvalue weighted by molar-refractivity contribution is 0.392. The van der Waals surface area contributed by atoms with E-state index in [1.807, 2.05) is 0 Å². The van der Waals surface area contributed by atoms with Crippen LogP contribution in [-0.2, 0) is 38.5 Å². The highest BCUT2D eigenvalue weighted by molar-refractivity contribution is 5.81. The lowest BCUT2D eigenvalue weighted by Gasteiger charge is -2.26. The lowest BCUT2D eigenvalue weighted by atomic mass is 9.90. The zero-order chi connectivity index (χ0) is 40.1. The third-order valence-electron chi connectivity index (χ3n) is 12.6. The van der Waals surface area contributed by atoms with E-state index >= 15 is 0 Å². The Morgan fingerprint density at radius 1 is 0.345 bits per heavy atom. The summed E-state index contributed by atoms with van der Waals surface area (Å²) in [6.45, 7) is 14.2. The average Bonchev–Trinajstić information content (AvgIpc) is 3.82. The molecule has 0 saturated heterocycles. The second kappa shape index (κ2) is 14.9. The van der Waals surface area contributed by atoms with E-state index in [0.717, 1.165) is 42.7 Å². The van der Waals surface area contributed by atoms with Gasteiger partial charge in [-0.15, -0.1) is 0 Å². The summed E-state index contributed by atoms with van der Waals surface area (Å²) in [6.07, 6.45) is 20.5. The molecule has 9 rings (SSSR count). The zero-order valence-corrected chi connectivity index (χ0v) is 35.3. The molecule has 6 aromatic carbocycles. The summed E-state index contributed by atoms with van der Waals surface area (Å²) in [5.41, 5.74) is 20.9. The molecule has 6 aromatic rings. The number of benzene rings is 6. The van der Waals surface area contributed by atoms with Crippen LogP contribution >= 0.6 is 0 Å². The molecule has 0 radical (unpaired) electrons. The molecule has 290 valence electrons. The van der Waals surface area contributed by atoms with Crippen molar-refractivity contribution in [1.82, 2.24) is 0 Å². The van der Waals surface area contributed by atoms with Crippen molar-refractivity contribution in [3.05, 3.63) is 194 Å². The van der Waals surface area contributed by atoms with Crippen LogP contribution in [0.15, 0.2) is 127 Å². The SMILES string of the molecule is CC1(C)Cc2ccc(C=Cc3ccc(N(c4ccc(C=Cc5ccc6c(c5)CC(C)(C)C6)cc4)c4ccc(C=Cc5cccc6c5CC(C)(C)C6)cc4)cc3)cc2C1. The maximum absolute atomic E-state index is 2.38. The van der Waals surface area contributed by atoms with Gasteiger partial charge in [0.05, 0.1) is 0 Å². The predicted molar refractivity (Wildman–Crippen MR) is 251 cm³/mol. The third-order valence-corrected chi connectivity index (χ3v) is 12.6. The number of rotatable bonds is 9. The Labute approximate surface area is 347 Å². The number of nitrogens with zero attached hydrogens (tertiary/aromatic N) is 1. The van der Waals surface area contributed by atoms with Gasteiger partial charge in [0, 0.05) is 17.1 Å². The van der Waals surface area contributed by atoms with E-state index in [-0.39, 0.29) is 0 Å². The predicted octanol–water partition coefficient (Wildman–Crippen LogP) is 15.0. The molecule has 0 atom stereocenters. The summed E-state index contributed by atoms with van der Waals surface area (Å²) in [7, 11) is 0. The fourth-order valence-corrected chi connectivity index (χ4v) is 9.83. The van der Waals surface area contributed by atoms with Gasteiger partial charge in [-0.2, -0.15) is 0 Å². The molecule has 0 N–H and O–H groups in total. The Bertz CT molecular complexity index is 2430. The molecule has 3 aliphatic carbocycles. The molecule has 0 unspecified atom stereocenters. The van der Waals surface area contributed by atoms with E-state index in [4.69, 9.17) is 0 Å². The van der Waals surface area contributed by atoms with E-state index in [1.54, 1.807) is 0 Å². The minimum Gasteiger partial charge on any atom is -0.311 e. The molecule has 0 aromatic heterocycles. The van der Waals surface area contributed by atoms with Crippen LogP contribution < -0.4 is 4.90 Å². The highest BCUT2D eigenvalue weighted by Gasteiger charge is 2.30. The molecule has 0 spiro atoms. The van der Waals surface area contributed by atoms with Crippen molar-refractivity contribution in [2.75, 3.05) is 4.90 Å². The van der Waals surface area contributed by atoms with Crippen molar-refractivity contribution >= 4 is 53.5 Å². The minimum absolute atomic E-state index is 0.333. The van der Waals surface area contributed by atoms with Crippen LogP contribution in [0.3, 0.4) is 0 Å². The van der Waals surface area contributed by atoms with Gasteiger partial charge in [0.1, 0.15) is 0 Å². The van der Waals surface area contributed by atoms with Gasteiger partial charge in [0.15, 0.2) is 0 Å². The van der Waals surface area contributed by atoms with Crippen molar-refractivity contribution in [1.29, 1.82) is 0 Å². The van der Waals surface area contributed by atoms with Crippen LogP contribution in [0.25, 0.3) is 36.5 Å². The summed E-state index contributed by atoms with van der Waals surface area (Å²) in [5, 5.41) is 0. The molecule has 0 heterocycles. The Hall–Kier alpha value is -5.66. The van der Waals surface area contributed by atoms with Gasteiger partial charge in [-0.05, 0) is 158 Å². The van der Waals surface area contributed by atoms with Crippen LogP contribution in [0, 0.1) is 16.2 Å². The van der Waals surface area contributed by atoms with Gasteiger partial charge >= 0.3 is 0 Å². The molecule has 58 heavy (non-hydrogen) atoms. The molecular formula is C57H57N. The van der Waals surface area contributed by atoms with Crippen molar-refractivity contribution in [2.45, 2.75) is 80.1 Å². The van der Waals surface area contributed by atoms with Gasteiger partial charge < -0.3 is 4.90 Å². The molecule has 0 aliphatic heterocycles. The van der Waals surface area contributed by atoms with Gasteiger partial charge in [0.2, 0.25) is 0 Å². The normalized spacial score (nSPS) is 17.3. The van der Waals surface area contributed by atoms with Crippen LogP contribution in [0.4, 0.5) is 17.1 Å². The molecule has 3 aliphatic rings. The van der Waals surface area contributed by atoms with Crippen LogP contribution in [0.2, 0.25) is 0 Å². The van der Waals surface area contributed by atoms with Crippen molar-refractivity contribution < 1.29 is 0 Å². The standard InChI is InChI=1S/C57H57N/c1-55(2)34-46-24-15-43(32-49(46)37-55)12-10-40-17-26-51(27-18-40)58(52-28-19-41(20-29-52)11-13-44-16-25-47-35-56(3,4)38-50(47)33-44)53-30-21-42(22-31-53)14-23-45-8-7-9-48-36-57(5,6)39-54(45)48/h7-33H,34-39H2,1-6H3. The van der Waals surface area contributed by atoms with E-state index in [1.165, 1.54) is 79.6 Å². The number of hydrogen-bond acceptors (Lipinski definition) is 1. The number of fused-ring (bicyclic) bond motifs is 3. The van der Waals surface area contributed by atoms with Gasteiger partial charge in [-0.25, -0.2) is 0 Å². The lowest BCUT2D eigenvalue weighted by Crippen LogP contribution is -2.09. The van der Waals surface area contributed by atoms with Crippen LogP contribution in [0.5, 0.6) is 0 Å². The Balaban J connectivity index is 0.971. The Morgan fingerprint density at radius 3 is 1.17 bits per heavy atom. The number of anilines is 3. The van der Waals surface area contributed by atoms with Gasteiger partial charge in [-0.1, -0.05) is 169 Å². The third kappa shape index (κ3) is 8.32. The topological polar surface area (TPSA) is 3.24 Å². The largest absolute Gasteiger partial charge is 0.311 e. The smallest absolute Gasteiger partial charge is 0.0462 e. The Kier molecular flexibility index (Phi) is 9.76. The molecule has 0 amide bonds. The van der Waals surface area contributed by atoms with E-state index in [9.17, 15) is 0 Å². The highest BCUT2D eigenvalue weighted by Crippen LogP contribution is 2.40. The Morgan fingerprint density at radius 2 is 0.707 bits per heavy atom. The zero-order valence-electron chi connectivity index (χ0n) is 35.3. The van der Waals surface area contributed by atoms with Crippen molar-refractivity contribution in [3.8, 4) is 0 Å². The summed E-state index contributed by atoms with van der Waals surface area (Å²) in [6, 6.07) is 47.7. The van der Waals surface area contributed by atoms with E-state index in [2.05, 4.69) is 210 Å². The molecule has 1 heteroatoms. The second-order valence-corrected chi connectivity index (χ2v) is 19.7. The summed E-state index contributed by atoms with van der Waals surface area (Å²) < 4.78 is 0. The van der Waals surface area contributed by atoms with E-state index < -0.39 is 0 Å². The fourth-order valence-electron chi connectivity index (χ4n) is 9.83. The summed E-state index contributed by atoms with van der Waals surface area (Å²) in [5.74, 6) is 0. The first-order valence-electron chi connectivity index (χ1n) is 21.3. The maximum Gasteiger partial charge on any atom is 0.0462 e. The molecule has 0 fully saturated rings. The first kappa shape index (κ1) is 37.9. The van der Waals surface area contributed by atoms with Crippen molar-refractivity contribution in [2.24, 2.45) is 16.2 Å². The molecule has 0 saturated carbocycles. The first-order valence-corrected chi connectivity index (χ1v) is 21.3. The van der Waals surface area contributed by atoms with Crippen LogP contribution in [0.1, 0.15) is 108 Å². The van der Waals surface area contributed by atoms with Crippen LogP contribution in [-0.4, -0.2) is 0 Å². The minimum atomic E-state index is 0.333. The first-order chi connectivity index (χ1) is 27.8. The molecular weight excluding hydrogens is 699 g/mol. The summed E-state index contributed by atoms with van der Waals surface area (Å²) >= 11 is 0. The average molecular weight is 756 g/mol. The monoisotopic (exact) mass is 755 g/mol. The van der Waals surface area contributed by atoms with E-state index in [0.29, 0.717) is 16.2 Å². The van der Waals surface area contributed by atoms with Gasteiger partial charge in [-0.3, -0.25) is 0 Å². The number of hydrogen-bond donors (Lipinski definition) is 0. The molecule has 1 nitrogen and oxygen atoms in total. The maximum atomic E-state index is 2.38. The molecule has 0 bridgehead atoms. The second-order valence-electron chi connectivity index (χ2n) is 19.7. The quantitative estimate of drug-likeness (QED) is 0.133. The summed E-state index contributed by atoms with van der Waals surface area (Å²) in [4.78, 5) is 2.37. The fraction of sp³-hybridized carbons (Fsp3) is 0.263. The van der Waals surface area contributed by atoms with Gasteiger partial charge in [0.25, 0.3) is 0 Å².